The summed E-state index contributed by atoms with van der Waals surface area (Å²) in [5.74, 6) is 2.19. The first-order chi connectivity index (χ1) is 28.3. The summed E-state index contributed by atoms with van der Waals surface area (Å²) >= 11 is 1.68. The Labute approximate surface area is 341 Å². The van der Waals surface area contributed by atoms with E-state index < -0.39 is 6.23 Å². The predicted molar refractivity (Wildman–Crippen MR) is 224 cm³/mol. The normalized spacial score (nSPS) is 16.7. The topological polar surface area (TPSA) is 155 Å². The number of fused-ring (bicyclic) bond motifs is 5. The lowest BCUT2D eigenvalue weighted by atomic mass is 10.0. The summed E-state index contributed by atoms with van der Waals surface area (Å²) in [6.07, 6.45) is 11.6. The minimum Gasteiger partial charge on any atom is -0.471 e. The van der Waals surface area contributed by atoms with Crippen molar-refractivity contribution in [2.75, 3.05) is 33.8 Å². The van der Waals surface area contributed by atoms with Gasteiger partial charge in [-0.25, -0.2) is 19.3 Å². The first kappa shape index (κ1) is 40.8. The average molecular weight is 810 g/mol. The van der Waals surface area contributed by atoms with Crippen LogP contribution in [0.15, 0.2) is 55.0 Å². The molecule has 2 fully saturated rings. The maximum absolute atomic E-state index is 16.5. The molecule has 6 heterocycles. The summed E-state index contributed by atoms with van der Waals surface area (Å²) in [6.45, 7) is 8.89. The van der Waals surface area contributed by atoms with Crippen LogP contribution in [-0.2, 0) is 20.9 Å². The van der Waals surface area contributed by atoms with Crippen LogP contribution in [0.5, 0.6) is 5.75 Å². The number of hydrogen-bond donors (Lipinski definition) is 4. The van der Waals surface area contributed by atoms with E-state index in [1.54, 1.807) is 29.5 Å². The van der Waals surface area contributed by atoms with Crippen molar-refractivity contribution >= 4 is 34.6 Å². The number of likely N-dealkylation sites (N-methyl/N-ethyl adjacent to an activating group) is 1. The number of aromatic nitrogens is 6. The number of H-pyrrole nitrogens is 2. The Morgan fingerprint density at radius 3 is 2.53 bits per heavy atom. The largest absolute Gasteiger partial charge is 0.471 e. The molecule has 13 nitrogen and oxygen atoms in total. The fourth-order valence-electron chi connectivity index (χ4n) is 7.39. The van der Waals surface area contributed by atoms with Crippen molar-refractivity contribution in [3.8, 4) is 39.5 Å². The molecule has 0 radical (unpaired) electrons. The Hall–Kier alpha value is -5.38. The number of ether oxygens (including phenoxy) is 2. The van der Waals surface area contributed by atoms with Gasteiger partial charge in [-0.05, 0) is 76.0 Å². The number of halogens is 1. The SMILES string of the molecule is CCC.CCCN(Cc1ncc(-c2cc(F)c3c(c2)OC(c2cnc(C4CC4)s2)n2c-3cc3cc(-c4cnc(C5CCCN5)[nH]4)ccc32)[nH]1)C(=O)CNC.COC=O. The zero-order chi connectivity index (χ0) is 40.8. The van der Waals surface area contributed by atoms with Crippen LogP contribution < -0.4 is 15.4 Å². The van der Waals surface area contributed by atoms with Crippen LogP contribution in [0.3, 0.4) is 0 Å². The summed E-state index contributed by atoms with van der Waals surface area (Å²) < 4.78 is 29.2. The molecule has 0 bridgehead atoms. The van der Waals surface area contributed by atoms with Gasteiger partial charge in [-0.15, -0.1) is 11.3 Å². The molecule has 3 aliphatic rings. The van der Waals surface area contributed by atoms with Crippen LogP contribution in [0.1, 0.15) is 99.0 Å². The number of aromatic amines is 2. The Balaban J connectivity index is 0.000000682. The number of hydrogen-bond acceptors (Lipinski definition) is 10. The molecule has 4 aromatic heterocycles. The molecule has 1 amide bonds. The highest BCUT2D eigenvalue weighted by Crippen LogP contribution is 2.49. The fraction of sp³-hybridized carbons (Fsp3) is 0.419. The van der Waals surface area contributed by atoms with Gasteiger partial charge in [0, 0.05) is 35.2 Å². The molecular formula is C43H52FN9O4S. The van der Waals surface area contributed by atoms with Crippen LogP contribution in [-0.4, -0.2) is 80.6 Å². The molecule has 9 rings (SSSR count). The molecule has 15 heteroatoms. The molecule has 2 unspecified atom stereocenters. The number of benzene rings is 2. The number of amides is 1. The second kappa shape index (κ2) is 18.5. The number of nitrogens with one attached hydrogen (secondary N) is 4. The molecule has 306 valence electrons. The third-order valence-corrected chi connectivity index (χ3v) is 11.4. The van der Waals surface area contributed by atoms with Crippen molar-refractivity contribution in [1.82, 2.24) is 45.0 Å². The van der Waals surface area contributed by atoms with Crippen molar-refractivity contribution in [2.24, 2.45) is 0 Å². The van der Waals surface area contributed by atoms with Gasteiger partial charge in [-0.3, -0.25) is 14.2 Å². The van der Waals surface area contributed by atoms with E-state index in [1.165, 1.54) is 19.6 Å². The smallest absolute Gasteiger partial charge is 0.292 e. The fourth-order valence-corrected chi connectivity index (χ4v) is 8.50. The molecule has 2 atom stereocenters. The summed E-state index contributed by atoms with van der Waals surface area (Å²) in [5, 5.41) is 8.55. The lowest BCUT2D eigenvalue weighted by Crippen LogP contribution is -2.37. The minimum absolute atomic E-state index is 0.00248. The number of imidazole rings is 2. The number of nitrogens with zero attached hydrogens (tertiary/aromatic N) is 5. The molecule has 1 saturated heterocycles. The van der Waals surface area contributed by atoms with E-state index in [-0.39, 0.29) is 24.3 Å². The quantitative estimate of drug-likeness (QED) is 0.0899. The molecular weight excluding hydrogens is 758 g/mol. The average Bonchev–Trinajstić information content (AvgIpc) is 3.84. The molecule has 2 aliphatic heterocycles. The number of methoxy groups -OCH3 is 1. The zero-order valence-corrected chi connectivity index (χ0v) is 34.5. The monoisotopic (exact) mass is 809 g/mol. The number of thiazole rings is 1. The highest BCUT2D eigenvalue weighted by Gasteiger charge is 2.35. The van der Waals surface area contributed by atoms with E-state index in [0.717, 1.165) is 82.2 Å². The van der Waals surface area contributed by atoms with Crippen molar-refractivity contribution in [3.05, 3.63) is 82.3 Å². The van der Waals surface area contributed by atoms with Gasteiger partial charge < -0.3 is 35.0 Å². The van der Waals surface area contributed by atoms with E-state index in [0.29, 0.717) is 53.9 Å². The molecule has 1 saturated carbocycles. The first-order valence-corrected chi connectivity index (χ1v) is 20.9. The van der Waals surface area contributed by atoms with Crippen molar-refractivity contribution in [1.29, 1.82) is 0 Å². The van der Waals surface area contributed by atoms with Crippen LogP contribution in [0.4, 0.5) is 4.39 Å². The van der Waals surface area contributed by atoms with Crippen molar-refractivity contribution in [2.45, 2.75) is 84.0 Å². The zero-order valence-electron chi connectivity index (χ0n) is 33.7. The lowest BCUT2D eigenvalue weighted by Gasteiger charge is -2.29. The van der Waals surface area contributed by atoms with Crippen LogP contribution in [0.25, 0.3) is 44.7 Å². The van der Waals surface area contributed by atoms with Gasteiger partial charge in [0.2, 0.25) is 12.1 Å². The number of rotatable bonds is 12. The third-order valence-electron chi connectivity index (χ3n) is 10.2. The second-order valence-electron chi connectivity index (χ2n) is 14.8. The summed E-state index contributed by atoms with van der Waals surface area (Å²) in [6, 6.07) is 12.1. The molecule has 6 aromatic rings. The van der Waals surface area contributed by atoms with E-state index in [1.807, 2.05) is 25.4 Å². The third kappa shape index (κ3) is 8.71. The summed E-state index contributed by atoms with van der Waals surface area (Å²) in [7, 11) is 3.07. The van der Waals surface area contributed by atoms with E-state index in [9.17, 15) is 4.79 Å². The van der Waals surface area contributed by atoms with Crippen LogP contribution in [0.2, 0.25) is 0 Å². The maximum Gasteiger partial charge on any atom is 0.292 e. The maximum atomic E-state index is 16.5. The van der Waals surface area contributed by atoms with Gasteiger partial charge in [0.15, 0.2) is 0 Å². The standard InChI is InChI=1S/C38H40FN9O2S.C3H8.C2H4O2/c1-3-11-47(34(49)19-40-2)20-33-42-16-28(45-33)23-13-25(39)35-30-14-24-12-22(27-17-43-36(46-27)26-5-4-10-41-26)8-9-29(24)48(30)38(50-31(35)15-23)32-18-44-37(51-32)21-6-7-21;1-3-2;1-4-2-3/h8-9,12-18,21,26,38,40-41H,3-7,10-11,19-20H2,1-2H3,(H,42,45)(H,43,46);3H2,1-2H3;2H,1H3. The van der Waals surface area contributed by atoms with Crippen molar-refractivity contribution < 1.29 is 23.5 Å². The second-order valence-corrected chi connectivity index (χ2v) is 15.9. The number of carbonyl (C=O) groups excluding carboxylic acids is 2. The highest BCUT2D eigenvalue weighted by molar-refractivity contribution is 7.11. The molecule has 58 heavy (non-hydrogen) atoms. The predicted octanol–water partition coefficient (Wildman–Crippen LogP) is 8.09. The summed E-state index contributed by atoms with van der Waals surface area (Å²) in [4.78, 5) is 45.2. The van der Waals surface area contributed by atoms with E-state index >= 15 is 4.39 Å². The summed E-state index contributed by atoms with van der Waals surface area (Å²) in [5.41, 5.74) is 5.37. The van der Waals surface area contributed by atoms with Gasteiger partial charge in [-0.2, -0.15) is 0 Å². The van der Waals surface area contributed by atoms with Gasteiger partial charge in [0.1, 0.15) is 23.2 Å². The Morgan fingerprint density at radius 2 is 1.83 bits per heavy atom. The minimum atomic E-state index is -0.513. The van der Waals surface area contributed by atoms with Gasteiger partial charge in [-0.1, -0.05) is 33.3 Å². The molecule has 2 aromatic carbocycles. The van der Waals surface area contributed by atoms with Gasteiger partial charge in [0.05, 0.1) is 76.7 Å². The van der Waals surface area contributed by atoms with Crippen LogP contribution in [0, 0.1) is 5.82 Å². The van der Waals surface area contributed by atoms with Crippen LogP contribution >= 0.6 is 11.3 Å². The van der Waals surface area contributed by atoms with E-state index in [4.69, 9.17) is 14.5 Å². The Kier molecular flexibility index (Phi) is 13.0. The number of carbonyl (C=O) groups is 2. The van der Waals surface area contributed by atoms with E-state index in [2.05, 4.69) is 78.0 Å². The Bertz CT molecular complexity index is 2340. The molecule has 1 aliphatic carbocycles. The highest BCUT2D eigenvalue weighted by atomic mass is 32.1. The Morgan fingerprint density at radius 1 is 1.05 bits per heavy atom. The van der Waals surface area contributed by atoms with Crippen molar-refractivity contribution in [3.63, 3.8) is 0 Å². The van der Waals surface area contributed by atoms with Gasteiger partial charge in [0.25, 0.3) is 6.47 Å². The molecule has 0 spiro atoms. The lowest BCUT2D eigenvalue weighted by molar-refractivity contribution is -0.131. The molecule has 4 N–H and O–H groups in total. The van der Waals surface area contributed by atoms with Gasteiger partial charge >= 0.3 is 0 Å². The first-order valence-electron chi connectivity index (χ1n) is 20.1.